The van der Waals surface area contributed by atoms with E-state index in [1.54, 1.807) is 30.7 Å². The van der Waals surface area contributed by atoms with Crippen LogP contribution in [0.5, 0.6) is 0 Å². The van der Waals surface area contributed by atoms with Gasteiger partial charge in [0.05, 0.1) is 11.4 Å². The van der Waals surface area contributed by atoms with Crippen molar-refractivity contribution in [3.05, 3.63) is 29.2 Å². The van der Waals surface area contributed by atoms with Crippen LogP contribution in [0.25, 0.3) is 0 Å². The number of nitrogens with zero attached hydrogens (tertiary/aromatic N) is 4. The van der Waals surface area contributed by atoms with E-state index in [-0.39, 0.29) is 11.8 Å². The summed E-state index contributed by atoms with van der Waals surface area (Å²) in [6.07, 6.45) is 5.41. The summed E-state index contributed by atoms with van der Waals surface area (Å²) < 4.78 is 0. The van der Waals surface area contributed by atoms with Crippen LogP contribution in [0.2, 0.25) is 0 Å². The number of nitrogens with one attached hydrogen (secondary N) is 1. The molecule has 0 unspecified atom stereocenters. The van der Waals surface area contributed by atoms with E-state index < -0.39 is 0 Å². The van der Waals surface area contributed by atoms with Crippen LogP contribution in [0.1, 0.15) is 37.1 Å². The summed E-state index contributed by atoms with van der Waals surface area (Å²) in [5, 5.41) is 6.08. The van der Waals surface area contributed by atoms with Crippen molar-refractivity contribution in [3.63, 3.8) is 0 Å². The van der Waals surface area contributed by atoms with Gasteiger partial charge in [-0.05, 0) is 19.8 Å². The minimum absolute atomic E-state index is 0.124. The van der Waals surface area contributed by atoms with E-state index >= 15 is 0 Å². The first-order chi connectivity index (χ1) is 10.6. The van der Waals surface area contributed by atoms with Gasteiger partial charge in [-0.2, -0.15) is 0 Å². The van der Waals surface area contributed by atoms with Crippen LogP contribution >= 0.6 is 11.3 Å². The van der Waals surface area contributed by atoms with E-state index in [9.17, 15) is 4.79 Å². The molecule has 2 aromatic rings. The van der Waals surface area contributed by atoms with Gasteiger partial charge >= 0.3 is 0 Å². The minimum Gasteiger partial charge on any atom is -0.342 e. The topological polar surface area (TPSA) is 71.0 Å². The molecule has 0 radical (unpaired) electrons. The number of carbonyl (C=O) groups excluding carboxylic acids is 1. The normalized spacial score (nSPS) is 18.3. The highest BCUT2D eigenvalue weighted by atomic mass is 32.1. The van der Waals surface area contributed by atoms with Crippen LogP contribution in [0.3, 0.4) is 0 Å². The number of hydrogen-bond donors (Lipinski definition) is 1. The van der Waals surface area contributed by atoms with Crippen LogP contribution in [-0.2, 0) is 4.79 Å². The van der Waals surface area contributed by atoms with Crippen molar-refractivity contribution < 1.29 is 4.79 Å². The van der Waals surface area contributed by atoms with E-state index in [0.717, 1.165) is 41.7 Å². The zero-order valence-corrected chi connectivity index (χ0v) is 13.6. The van der Waals surface area contributed by atoms with Gasteiger partial charge < -0.3 is 10.2 Å². The molecular formula is C15H19N5OS. The summed E-state index contributed by atoms with van der Waals surface area (Å²) in [5.74, 6) is 1.08. The molecule has 0 aliphatic carbocycles. The zero-order chi connectivity index (χ0) is 15.5. The quantitative estimate of drug-likeness (QED) is 0.942. The molecule has 22 heavy (non-hydrogen) atoms. The summed E-state index contributed by atoms with van der Waals surface area (Å²) in [4.78, 5) is 26.9. The molecule has 1 saturated heterocycles. The first-order valence-corrected chi connectivity index (χ1v) is 8.27. The van der Waals surface area contributed by atoms with Gasteiger partial charge in [-0.25, -0.2) is 9.97 Å². The predicted molar refractivity (Wildman–Crippen MR) is 86.4 cm³/mol. The van der Waals surface area contributed by atoms with E-state index in [4.69, 9.17) is 0 Å². The average Bonchev–Trinajstić information content (AvgIpc) is 2.93. The fraction of sp³-hybridized carbons (Fsp3) is 0.467. The van der Waals surface area contributed by atoms with Crippen molar-refractivity contribution >= 4 is 28.2 Å². The maximum atomic E-state index is 11.6. The first-order valence-electron chi connectivity index (χ1n) is 7.39. The van der Waals surface area contributed by atoms with Crippen LogP contribution < -0.4 is 5.32 Å². The number of rotatable bonds is 3. The van der Waals surface area contributed by atoms with Gasteiger partial charge in [0.25, 0.3) is 0 Å². The zero-order valence-electron chi connectivity index (χ0n) is 12.7. The summed E-state index contributed by atoms with van der Waals surface area (Å²) in [7, 11) is 0. The number of anilines is 2. The maximum absolute atomic E-state index is 11.6. The molecule has 1 N–H and O–H groups in total. The molecule has 0 bridgehead atoms. The molecule has 1 aliphatic heterocycles. The van der Waals surface area contributed by atoms with Crippen LogP contribution in [0.4, 0.5) is 10.9 Å². The van der Waals surface area contributed by atoms with Crippen molar-refractivity contribution in [1.29, 1.82) is 0 Å². The lowest BCUT2D eigenvalue weighted by Crippen LogP contribution is -2.38. The third-order valence-corrected chi connectivity index (χ3v) is 4.70. The number of hydrogen-bond acceptors (Lipinski definition) is 6. The summed E-state index contributed by atoms with van der Waals surface area (Å²) in [5.41, 5.74) is 1.90. The Hall–Kier alpha value is -2.02. The van der Waals surface area contributed by atoms with Crippen molar-refractivity contribution in [2.45, 2.75) is 32.6 Å². The van der Waals surface area contributed by atoms with E-state index in [0.29, 0.717) is 6.54 Å². The Morgan fingerprint density at radius 2 is 2.23 bits per heavy atom. The molecule has 7 heteroatoms. The number of piperidine rings is 1. The second kappa shape index (κ2) is 6.39. The molecular weight excluding hydrogens is 298 g/mol. The number of amides is 1. The minimum atomic E-state index is 0.124. The Morgan fingerprint density at radius 1 is 1.41 bits per heavy atom. The fourth-order valence-electron chi connectivity index (χ4n) is 2.74. The second-order valence-electron chi connectivity index (χ2n) is 5.51. The van der Waals surface area contributed by atoms with Gasteiger partial charge in [-0.1, -0.05) is 0 Å². The monoisotopic (exact) mass is 317 g/mol. The third-order valence-electron chi connectivity index (χ3n) is 3.82. The van der Waals surface area contributed by atoms with E-state index in [1.165, 1.54) is 0 Å². The number of aryl methyl sites for hydroxylation is 1. The molecule has 1 aliphatic rings. The van der Waals surface area contributed by atoms with Crippen LogP contribution in [0.15, 0.2) is 17.8 Å². The highest BCUT2D eigenvalue weighted by Crippen LogP contribution is 2.31. The van der Waals surface area contributed by atoms with Gasteiger partial charge in [0, 0.05) is 43.7 Å². The third kappa shape index (κ3) is 3.24. The highest BCUT2D eigenvalue weighted by Gasteiger charge is 2.26. The van der Waals surface area contributed by atoms with Crippen molar-refractivity contribution in [2.75, 3.05) is 18.4 Å². The Kier molecular flexibility index (Phi) is 4.33. The van der Waals surface area contributed by atoms with Gasteiger partial charge in [-0.15, -0.1) is 11.3 Å². The van der Waals surface area contributed by atoms with Crippen molar-refractivity contribution in [3.8, 4) is 0 Å². The molecule has 116 valence electrons. The molecule has 0 aromatic carbocycles. The predicted octanol–water partition coefficient (Wildman–Crippen LogP) is 2.71. The summed E-state index contributed by atoms with van der Waals surface area (Å²) in [6, 6.07) is 0. The lowest BCUT2D eigenvalue weighted by atomic mass is 9.94. The highest BCUT2D eigenvalue weighted by molar-refractivity contribution is 7.13. The van der Waals surface area contributed by atoms with Gasteiger partial charge in [0.2, 0.25) is 5.91 Å². The number of thiazole rings is 1. The van der Waals surface area contributed by atoms with Gasteiger partial charge in [-0.3, -0.25) is 9.78 Å². The Labute approximate surface area is 133 Å². The summed E-state index contributed by atoms with van der Waals surface area (Å²) in [6.45, 7) is 5.13. The van der Waals surface area contributed by atoms with E-state index in [2.05, 4.69) is 20.3 Å². The maximum Gasteiger partial charge on any atom is 0.219 e. The standard InChI is InChI=1S/C15H19N5OS/c1-10-9-22-15(18-10)19-14-13(16-5-6-17-14)12-4-3-7-20(8-12)11(2)21/h5-6,9,12H,3-4,7-8H2,1-2H3,(H,17,18,19)/t12-/m1/s1. The van der Waals surface area contributed by atoms with Crippen molar-refractivity contribution in [2.24, 2.45) is 0 Å². The van der Waals surface area contributed by atoms with Crippen molar-refractivity contribution in [1.82, 2.24) is 19.9 Å². The summed E-state index contributed by atoms with van der Waals surface area (Å²) >= 11 is 1.55. The smallest absolute Gasteiger partial charge is 0.219 e. The molecule has 3 rings (SSSR count). The molecule has 1 atom stereocenters. The van der Waals surface area contributed by atoms with Gasteiger partial charge in [0.15, 0.2) is 10.9 Å². The molecule has 0 spiro atoms. The number of likely N-dealkylation sites (tertiary alicyclic amines) is 1. The largest absolute Gasteiger partial charge is 0.342 e. The SMILES string of the molecule is CC(=O)N1CCC[C@@H](c2nccnc2Nc2nc(C)cs2)C1. The van der Waals surface area contributed by atoms with Crippen LogP contribution in [0, 0.1) is 6.92 Å². The Balaban J connectivity index is 1.82. The van der Waals surface area contributed by atoms with Crippen LogP contribution in [-0.4, -0.2) is 38.8 Å². The number of carbonyl (C=O) groups is 1. The Morgan fingerprint density at radius 3 is 2.95 bits per heavy atom. The molecule has 1 amide bonds. The first kappa shape index (κ1) is 14.9. The molecule has 6 nitrogen and oxygen atoms in total. The Bertz CT molecular complexity index is 671. The lowest BCUT2D eigenvalue weighted by Gasteiger charge is -2.32. The van der Waals surface area contributed by atoms with Gasteiger partial charge in [0.1, 0.15) is 0 Å². The molecule has 3 heterocycles. The van der Waals surface area contributed by atoms with E-state index in [1.807, 2.05) is 17.2 Å². The second-order valence-corrected chi connectivity index (χ2v) is 6.37. The fourth-order valence-corrected chi connectivity index (χ4v) is 3.43. The number of aromatic nitrogens is 3. The molecule has 0 saturated carbocycles. The average molecular weight is 317 g/mol. The lowest BCUT2D eigenvalue weighted by molar-refractivity contribution is -0.130. The molecule has 2 aromatic heterocycles. The molecule has 1 fully saturated rings.